The van der Waals surface area contributed by atoms with E-state index in [0.717, 1.165) is 25.1 Å². The van der Waals surface area contributed by atoms with Gasteiger partial charge in [-0.15, -0.1) is 5.10 Å². The zero-order valence-corrected chi connectivity index (χ0v) is 8.64. The largest absolute Gasteiger partial charge is 0.479 e. The van der Waals surface area contributed by atoms with E-state index < -0.39 is 12.1 Å². The average Bonchev–Trinajstić information content (AvgIpc) is 2.59. The first-order chi connectivity index (χ1) is 7.16. The van der Waals surface area contributed by atoms with Crippen molar-refractivity contribution in [1.82, 2.24) is 9.78 Å². The Bertz CT molecular complexity index is 349. The van der Waals surface area contributed by atoms with E-state index >= 15 is 0 Å². The smallest absolute Gasteiger partial charge is 0.344 e. The van der Waals surface area contributed by atoms with Crippen LogP contribution in [0.4, 0.5) is 0 Å². The molecule has 0 fully saturated rings. The Labute approximate surface area is 87.7 Å². The maximum atomic E-state index is 10.6. The van der Waals surface area contributed by atoms with Crippen LogP contribution in [0.25, 0.3) is 0 Å². The van der Waals surface area contributed by atoms with Gasteiger partial charge in [-0.05, 0) is 26.2 Å². The summed E-state index contributed by atoms with van der Waals surface area (Å²) in [5.74, 6) is -0.553. The van der Waals surface area contributed by atoms with Crippen molar-refractivity contribution in [3.8, 4) is 5.88 Å². The monoisotopic (exact) mass is 210 g/mol. The predicted molar refractivity (Wildman–Crippen MR) is 52.9 cm³/mol. The van der Waals surface area contributed by atoms with Gasteiger partial charge in [-0.25, -0.2) is 4.79 Å². The van der Waals surface area contributed by atoms with Crippen molar-refractivity contribution in [2.24, 2.45) is 0 Å². The molecule has 0 radical (unpaired) electrons. The lowest BCUT2D eigenvalue weighted by Crippen LogP contribution is -2.23. The van der Waals surface area contributed by atoms with Gasteiger partial charge in [-0.3, -0.25) is 4.68 Å². The van der Waals surface area contributed by atoms with Gasteiger partial charge in [0, 0.05) is 18.3 Å². The second-order valence-electron chi connectivity index (χ2n) is 3.75. The van der Waals surface area contributed by atoms with E-state index in [0.29, 0.717) is 5.88 Å². The molecule has 1 N–H and O–H groups in total. The predicted octanol–water partition coefficient (Wildman–Crippen LogP) is 1.07. The van der Waals surface area contributed by atoms with Crippen molar-refractivity contribution >= 4 is 5.97 Å². The second-order valence-corrected chi connectivity index (χ2v) is 3.75. The Morgan fingerprint density at radius 2 is 2.47 bits per heavy atom. The first-order valence-corrected chi connectivity index (χ1v) is 5.13. The summed E-state index contributed by atoms with van der Waals surface area (Å²) >= 11 is 0. The topological polar surface area (TPSA) is 64.4 Å². The number of aromatic nitrogens is 2. The number of rotatable bonds is 3. The van der Waals surface area contributed by atoms with E-state index in [9.17, 15) is 4.79 Å². The fourth-order valence-corrected chi connectivity index (χ4v) is 1.68. The van der Waals surface area contributed by atoms with Gasteiger partial charge in [0.25, 0.3) is 0 Å². The minimum absolute atomic E-state index is 0.418. The van der Waals surface area contributed by atoms with Crippen molar-refractivity contribution in [3.63, 3.8) is 0 Å². The van der Waals surface area contributed by atoms with Gasteiger partial charge in [0.2, 0.25) is 5.88 Å². The van der Waals surface area contributed by atoms with Crippen LogP contribution in [-0.2, 0) is 17.8 Å². The normalized spacial score (nSPS) is 16.9. The summed E-state index contributed by atoms with van der Waals surface area (Å²) in [7, 11) is 0. The lowest BCUT2D eigenvalue weighted by molar-refractivity contribution is -0.144. The molecule has 0 aliphatic carbocycles. The lowest BCUT2D eigenvalue weighted by atomic mass is 10.1. The number of aliphatic carboxylic acids is 1. The third kappa shape index (κ3) is 2.11. The summed E-state index contributed by atoms with van der Waals surface area (Å²) in [4.78, 5) is 10.6. The highest BCUT2D eigenvalue weighted by molar-refractivity contribution is 5.72. The highest BCUT2D eigenvalue weighted by atomic mass is 16.5. The van der Waals surface area contributed by atoms with Gasteiger partial charge in [-0.2, -0.15) is 0 Å². The number of nitrogens with zero attached hydrogens (tertiary/aromatic N) is 2. The number of carboxylic acids is 1. The standard InChI is InChI=1S/C10H14N2O3/c1-7(10(13)14)15-9-6-8-4-2-3-5-12(8)11-9/h6-7H,2-5H2,1H3,(H,13,14). The van der Waals surface area contributed by atoms with Crippen LogP contribution in [0.5, 0.6) is 5.88 Å². The highest BCUT2D eigenvalue weighted by Gasteiger charge is 2.17. The van der Waals surface area contributed by atoms with Crippen LogP contribution < -0.4 is 4.74 Å². The Balaban J connectivity index is 2.09. The first kappa shape index (κ1) is 10.0. The van der Waals surface area contributed by atoms with E-state index in [4.69, 9.17) is 9.84 Å². The van der Waals surface area contributed by atoms with Crippen LogP contribution in [0.15, 0.2) is 6.07 Å². The quantitative estimate of drug-likeness (QED) is 0.810. The molecule has 5 heteroatoms. The molecule has 0 amide bonds. The molecule has 1 atom stereocenters. The molecule has 0 saturated carbocycles. The van der Waals surface area contributed by atoms with E-state index in [-0.39, 0.29) is 0 Å². The summed E-state index contributed by atoms with van der Waals surface area (Å²) in [6, 6.07) is 1.83. The number of hydrogen-bond donors (Lipinski definition) is 1. The SMILES string of the molecule is CC(Oc1cc2n(n1)CCCC2)C(=O)O. The van der Waals surface area contributed by atoms with Crippen LogP contribution >= 0.6 is 0 Å². The van der Waals surface area contributed by atoms with Crippen LogP contribution in [0, 0.1) is 0 Å². The molecule has 1 unspecified atom stereocenters. The van der Waals surface area contributed by atoms with Gasteiger partial charge in [0.1, 0.15) is 0 Å². The molecule has 0 spiro atoms. The minimum Gasteiger partial charge on any atom is -0.479 e. The Morgan fingerprint density at radius 1 is 1.67 bits per heavy atom. The molecule has 1 aromatic rings. The molecule has 2 heterocycles. The fraction of sp³-hybridized carbons (Fsp3) is 0.600. The zero-order chi connectivity index (χ0) is 10.8. The van der Waals surface area contributed by atoms with Crippen molar-refractivity contribution < 1.29 is 14.6 Å². The van der Waals surface area contributed by atoms with Crippen LogP contribution in [-0.4, -0.2) is 27.0 Å². The Kier molecular flexibility index (Phi) is 2.62. The van der Waals surface area contributed by atoms with E-state index in [1.165, 1.54) is 13.3 Å². The summed E-state index contributed by atoms with van der Waals surface area (Å²) in [5, 5.41) is 12.9. The minimum atomic E-state index is -0.971. The number of fused-ring (bicyclic) bond motifs is 1. The average molecular weight is 210 g/mol. The molecule has 2 rings (SSSR count). The summed E-state index contributed by atoms with van der Waals surface area (Å²) in [6.45, 7) is 2.40. The van der Waals surface area contributed by atoms with E-state index in [1.54, 1.807) is 0 Å². The maximum absolute atomic E-state index is 10.6. The fourth-order valence-electron chi connectivity index (χ4n) is 1.68. The van der Waals surface area contributed by atoms with Gasteiger partial charge in [0.05, 0.1) is 0 Å². The van der Waals surface area contributed by atoms with Gasteiger partial charge in [0.15, 0.2) is 6.10 Å². The zero-order valence-electron chi connectivity index (χ0n) is 8.64. The van der Waals surface area contributed by atoms with Crippen molar-refractivity contribution in [2.45, 2.75) is 38.8 Å². The number of carboxylic acid groups (broad SMARTS) is 1. The van der Waals surface area contributed by atoms with Crippen molar-refractivity contribution in [2.75, 3.05) is 0 Å². The van der Waals surface area contributed by atoms with Crippen molar-refractivity contribution in [3.05, 3.63) is 11.8 Å². The van der Waals surface area contributed by atoms with E-state index in [1.807, 2.05) is 10.7 Å². The van der Waals surface area contributed by atoms with Crippen LogP contribution in [0.1, 0.15) is 25.5 Å². The van der Waals surface area contributed by atoms with Gasteiger partial charge < -0.3 is 9.84 Å². The van der Waals surface area contributed by atoms with E-state index in [2.05, 4.69) is 5.10 Å². The van der Waals surface area contributed by atoms with Gasteiger partial charge >= 0.3 is 5.97 Å². The van der Waals surface area contributed by atoms with Gasteiger partial charge in [-0.1, -0.05) is 0 Å². The molecule has 82 valence electrons. The highest BCUT2D eigenvalue weighted by Crippen LogP contribution is 2.19. The lowest BCUT2D eigenvalue weighted by Gasteiger charge is -2.11. The first-order valence-electron chi connectivity index (χ1n) is 5.13. The molecular formula is C10H14N2O3. The maximum Gasteiger partial charge on any atom is 0.344 e. The molecule has 0 aromatic carbocycles. The van der Waals surface area contributed by atoms with Crippen molar-refractivity contribution in [1.29, 1.82) is 0 Å². The third-order valence-corrected chi connectivity index (χ3v) is 2.54. The Hall–Kier alpha value is -1.52. The third-order valence-electron chi connectivity index (χ3n) is 2.54. The molecule has 0 bridgehead atoms. The Morgan fingerprint density at radius 3 is 3.13 bits per heavy atom. The molecule has 1 aliphatic heterocycles. The molecule has 1 aromatic heterocycles. The molecule has 15 heavy (non-hydrogen) atoms. The molecule has 1 aliphatic rings. The molecular weight excluding hydrogens is 196 g/mol. The number of hydrogen-bond acceptors (Lipinski definition) is 3. The molecule has 5 nitrogen and oxygen atoms in total. The summed E-state index contributed by atoms with van der Waals surface area (Å²) in [5.41, 5.74) is 1.13. The van der Waals surface area contributed by atoms with Crippen LogP contribution in [0.2, 0.25) is 0 Å². The number of carbonyl (C=O) groups is 1. The number of aryl methyl sites for hydroxylation is 2. The van der Waals surface area contributed by atoms with Crippen LogP contribution in [0.3, 0.4) is 0 Å². The second kappa shape index (κ2) is 3.92. The summed E-state index contributed by atoms with van der Waals surface area (Å²) in [6.07, 6.45) is 2.45. The summed E-state index contributed by atoms with van der Waals surface area (Å²) < 4.78 is 7.09. The molecule has 0 saturated heterocycles. The number of ether oxygens (including phenoxy) is 1.